The first-order valence-electron chi connectivity index (χ1n) is 5.18. The maximum Gasteiger partial charge on any atom is 0.320 e. The van der Waals surface area contributed by atoms with Crippen molar-refractivity contribution in [2.24, 2.45) is 5.73 Å². The van der Waals surface area contributed by atoms with Gasteiger partial charge in [0.2, 0.25) is 5.91 Å². The minimum absolute atomic E-state index is 0.103. The molecule has 0 rings (SSSR count). The number of rotatable bonds is 8. The summed E-state index contributed by atoms with van der Waals surface area (Å²) >= 11 is 0. The topological polar surface area (TPSA) is 109 Å². The number of aliphatic carboxylic acids is 1. The van der Waals surface area contributed by atoms with Gasteiger partial charge in [0.1, 0.15) is 11.8 Å². The van der Waals surface area contributed by atoms with E-state index in [1.54, 1.807) is 0 Å². The number of hydrogen-bond acceptors (Lipinski definition) is 4. The molecule has 1 unspecified atom stereocenters. The zero-order chi connectivity index (χ0) is 12.6. The van der Waals surface area contributed by atoms with Crippen molar-refractivity contribution in [2.75, 3.05) is 6.54 Å². The number of carbonyl (C=O) groups is 3. The van der Waals surface area contributed by atoms with E-state index in [4.69, 9.17) is 10.8 Å². The lowest BCUT2D eigenvalue weighted by Crippen LogP contribution is -2.30. The normalized spacial score (nSPS) is 11.9. The summed E-state index contributed by atoms with van der Waals surface area (Å²) in [6.45, 7) is 1.80. The molecule has 0 aliphatic rings. The number of nitrogens with one attached hydrogen (secondary N) is 1. The van der Waals surface area contributed by atoms with Crippen molar-refractivity contribution in [3.05, 3.63) is 0 Å². The zero-order valence-electron chi connectivity index (χ0n) is 9.36. The molecule has 0 aromatic heterocycles. The van der Waals surface area contributed by atoms with E-state index in [0.29, 0.717) is 25.8 Å². The number of unbranched alkanes of at least 4 members (excludes halogenated alkanes) is 1. The number of amides is 1. The summed E-state index contributed by atoms with van der Waals surface area (Å²) in [4.78, 5) is 31.9. The molecule has 0 aliphatic carbocycles. The van der Waals surface area contributed by atoms with Crippen LogP contribution in [0.3, 0.4) is 0 Å². The van der Waals surface area contributed by atoms with E-state index in [1.165, 1.54) is 6.92 Å². The molecule has 0 aromatic rings. The number of carboxylic acids is 1. The standard InChI is InChI=1S/C10H18N2O4/c1-7(13)6-9(14)12-5-3-2-4-8(11)10(15)16/h8H,2-6,11H2,1H3,(H,12,14)(H,15,16). The summed E-state index contributed by atoms with van der Waals surface area (Å²) in [6, 6.07) is -0.840. The SMILES string of the molecule is CC(=O)CC(=O)NCCCCC(N)C(=O)O. The maximum absolute atomic E-state index is 11.0. The van der Waals surface area contributed by atoms with Gasteiger partial charge in [-0.1, -0.05) is 0 Å². The molecule has 6 nitrogen and oxygen atoms in total. The Hall–Kier alpha value is -1.43. The highest BCUT2D eigenvalue weighted by molar-refractivity contribution is 5.96. The Morgan fingerprint density at radius 1 is 1.31 bits per heavy atom. The Kier molecular flexibility index (Phi) is 7.11. The van der Waals surface area contributed by atoms with Crippen molar-refractivity contribution in [1.82, 2.24) is 5.32 Å². The van der Waals surface area contributed by atoms with Gasteiger partial charge in [-0.2, -0.15) is 0 Å². The summed E-state index contributed by atoms with van der Waals surface area (Å²) in [7, 11) is 0. The van der Waals surface area contributed by atoms with Gasteiger partial charge in [-0.25, -0.2) is 0 Å². The van der Waals surface area contributed by atoms with E-state index < -0.39 is 12.0 Å². The van der Waals surface area contributed by atoms with Gasteiger partial charge in [-0.05, 0) is 26.2 Å². The highest BCUT2D eigenvalue weighted by Gasteiger charge is 2.10. The van der Waals surface area contributed by atoms with Crippen LogP contribution in [0.5, 0.6) is 0 Å². The Morgan fingerprint density at radius 2 is 1.94 bits per heavy atom. The molecule has 1 amide bonds. The molecule has 0 saturated carbocycles. The Labute approximate surface area is 94.2 Å². The van der Waals surface area contributed by atoms with E-state index in [2.05, 4.69) is 5.32 Å². The molecule has 0 saturated heterocycles. The smallest absolute Gasteiger partial charge is 0.320 e. The molecule has 0 aromatic carbocycles. The third-order valence-corrected chi connectivity index (χ3v) is 1.99. The lowest BCUT2D eigenvalue weighted by molar-refractivity contribution is -0.138. The molecule has 16 heavy (non-hydrogen) atoms. The Bertz CT molecular complexity index is 266. The van der Waals surface area contributed by atoms with Crippen molar-refractivity contribution < 1.29 is 19.5 Å². The third-order valence-electron chi connectivity index (χ3n) is 1.99. The second-order valence-corrected chi connectivity index (χ2v) is 3.67. The van der Waals surface area contributed by atoms with Crippen LogP contribution in [0.25, 0.3) is 0 Å². The summed E-state index contributed by atoms with van der Waals surface area (Å²) in [6.07, 6.45) is 1.57. The Morgan fingerprint density at radius 3 is 2.44 bits per heavy atom. The van der Waals surface area contributed by atoms with Crippen LogP contribution in [-0.2, 0) is 14.4 Å². The average Bonchev–Trinajstić information content (AvgIpc) is 2.15. The molecule has 4 N–H and O–H groups in total. The quantitative estimate of drug-likeness (QED) is 0.390. The van der Waals surface area contributed by atoms with Gasteiger partial charge in [-0.15, -0.1) is 0 Å². The highest BCUT2D eigenvalue weighted by Crippen LogP contribution is 1.98. The highest BCUT2D eigenvalue weighted by atomic mass is 16.4. The predicted octanol–water partition coefficient (Wildman–Crippen LogP) is -0.336. The zero-order valence-corrected chi connectivity index (χ0v) is 9.36. The summed E-state index contributed by atoms with van der Waals surface area (Å²) in [5.74, 6) is -1.49. The minimum Gasteiger partial charge on any atom is -0.480 e. The second kappa shape index (κ2) is 7.81. The van der Waals surface area contributed by atoms with E-state index in [9.17, 15) is 14.4 Å². The lowest BCUT2D eigenvalue weighted by Gasteiger charge is -2.06. The number of Topliss-reactive ketones (excluding diaryl/α,β-unsaturated/α-hetero) is 1. The maximum atomic E-state index is 11.0. The van der Waals surface area contributed by atoms with Crippen LogP contribution >= 0.6 is 0 Å². The van der Waals surface area contributed by atoms with Crippen molar-refractivity contribution in [3.63, 3.8) is 0 Å². The van der Waals surface area contributed by atoms with Crippen LogP contribution in [0.15, 0.2) is 0 Å². The molecule has 0 aliphatic heterocycles. The number of carboxylic acid groups (broad SMARTS) is 1. The van der Waals surface area contributed by atoms with Crippen LogP contribution in [0.4, 0.5) is 0 Å². The van der Waals surface area contributed by atoms with E-state index in [-0.39, 0.29) is 18.1 Å². The molecular formula is C10H18N2O4. The van der Waals surface area contributed by atoms with Crippen LogP contribution in [0.1, 0.15) is 32.6 Å². The molecule has 0 bridgehead atoms. The lowest BCUT2D eigenvalue weighted by atomic mass is 10.1. The van der Waals surface area contributed by atoms with Crippen LogP contribution in [0.2, 0.25) is 0 Å². The fraction of sp³-hybridized carbons (Fsp3) is 0.700. The van der Waals surface area contributed by atoms with Crippen molar-refractivity contribution in [3.8, 4) is 0 Å². The number of nitrogens with two attached hydrogens (primary N) is 1. The molecule has 92 valence electrons. The number of hydrogen-bond donors (Lipinski definition) is 3. The number of ketones is 1. The average molecular weight is 230 g/mol. The van der Waals surface area contributed by atoms with E-state index in [0.717, 1.165) is 0 Å². The first-order valence-corrected chi connectivity index (χ1v) is 5.18. The first kappa shape index (κ1) is 14.6. The van der Waals surface area contributed by atoms with Crippen molar-refractivity contribution >= 4 is 17.7 Å². The molecule has 0 spiro atoms. The Balaban J connectivity index is 3.43. The second-order valence-electron chi connectivity index (χ2n) is 3.67. The van der Waals surface area contributed by atoms with Crippen molar-refractivity contribution in [1.29, 1.82) is 0 Å². The van der Waals surface area contributed by atoms with Gasteiger partial charge in [0.05, 0.1) is 6.42 Å². The molecule has 0 radical (unpaired) electrons. The first-order chi connectivity index (χ1) is 7.43. The number of carbonyl (C=O) groups excluding carboxylic acids is 2. The fourth-order valence-corrected chi connectivity index (χ4v) is 1.13. The van der Waals surface area contributed by atoms with Gasteiger partial charge >= 0.3 is 5.97 Å². The van der Waals surface area contributed by atoms with Gasteiger partial charge in [0.25, 0.3) is 0 Å². The van der Waals surface area contributed by atoms with Crippen LogP contribution < -0.4 is 11.1 Å². The minimum atomic E-state index is -1.01. The molecule has 0 fully saturated rings. The molecule has 6 heteroatoms. The molecular weight excluding hydrogens is 212 g/mol. The third kappa shape index (κ3) is 7.93. The van der Waals surface area contributed by atoms with Gasteiger partial charge in [0, 0.05) is 6.54 Å². The predicted molar refractivity (Wildman–Crippen MR) is 57.8 cm³/mol. The van der Waals surface area contributed by atoms with Gasteiger partial charge in [-0.3, -0.25) is 14.4 Å². The van der Waals surface area contributed by atoms with Gasteiger partial charge in [0.15, 0.2) is 0 Å². The van der Waals surface area contributed by atoms with Crippen molar-refractivity contribution in [2.45, 2.75) is 38.6 Å². The summed E-state index contributed by atoms with van der Waals surface area (Å²) < 4.78 is 0. The van der Waals surface area contributed by atoms with Crippen LogP contribution in [0, 0.1) is 0 Å². The van der Waals surface area contributed by atoms with E-state index >= 15 is 0 Å². The fourth-order valence-electron chi connectivity index (χ4n) is 1.13. The monoisotopic (exact) mass is 230 g/mol. The summed E-state index contributed by atoms with van der Waals surface area (Å²) in [5.41, 5.74) is 5.29. The molecule has 0 heterocycles. The largest absolute Gasteiger partial charge is 0.480 e. The van der Waals surface area contributed by atoms with E-state index in [1.807, 2.05) is 0 Å². The summed E-state index contributed by atoms with van der Waals surface area (Å²) in [5, 5.41) is 11.1. The molecule has 1 atom stereocenters. The van der Waals surface area contributed by atoms with Crippen LogP contribution in [-0.4, -0.2) is 35.4 Å². The van der Waals surface area contributed by atoms with Gasteiger partial charge < -0.3 is 16.2 Å².